The number of hydrogen-bond donors (Lipinski definition) is 0. The molecule has 2 heterocycles. The highest BCUT2D eigenvalue weighted by Gasteiger charge is 2.21. The van der Waals surface area contributed by atoms with Crippen LogP contribution >= 0.6 is 0 Å². The molecule has 0 radical (unpaired) electrons. The molecule has 0 atom stereocenters. The average Bonchev–Trinajstić information content (AvgIpc) is 2.38. The van der Waals surface area contributed by atoms with Crippen molar-refractivity contribution in [2.45, 2.75) is 25.9 Å². The third kappa shape index (κ3) is 2.75. The summed E-state index contributed by atoms with van der Waals surface area (Å²) in [5.41, 5.74) is 0.935. The summed E-state index contributed by atoms with van der Waals surface area (Å²) in [7, 11) is 1.31. The molecule has 98 valence electrons. The summed E-state index contributed by atoms with van der Waals surface area (Å²) < 4.78 is 17.7. The number of ether oxygens (including phenoxy) is 1. The van der Waals surface area contributed by atoms with Crippen LogP contribution in [0.1, 0.15) is 29.0 Å². The molecule has 0 saturated carbocycles. The minimum absolute atomic E-state index is 0.238. The van der Waals surface area contributed by atoms with Crippen LogP contribution in [-0.4, -0.2) is 42.3 Å². The van der Waals surface area contributed by atoms with Gasteiger partial charge in [-0.25, -0.2) is 19.2 Å². The Morgan fingerprint density at radius 1 is 1.44 bits per heavy atom. The molecule has 18 heavy (non-hydrogen) atoms. The first kappa shape index (κ1) is 12.7. The Morgan fingerprint density at radius 3 is 2.72 bits per heavy atom. The third-order valence-corrected chi connectivity index (χ3v) is 2.94. The molecule has 0 aromatic carbocycles. The van der Waals surface area contributed by atoms with Crippen molar-refractivity contribution in [3.63, 3.8) is 0 Å². The zero-order valence-electron chi connectivity index (χ0n) is 10.5. The molecule has 2 rings (SSSR count). The summed E-state index contributed by atoms with van der Waals surface area (Å²) in [6.07, 6.45) is 0.210. The standard InChI is InChI=1S/C12H16FN3O2/c1-8-7-10(11(17)18-2)15-12(14-8)16-5-3-9(13)4-6-16/h7,9H,3-6H2,1-2H3. The fourth-order valence-corrected chi connectivity index (χ4v) is 1.95. The molecular weight excluding hydrogens is 237 g/mol. The van der Waals surface area contributed by atoms with Gasteiger partial charge in [-0.05, 0) is 25.8 Å². The number of methoxy groups -OCH3 is 1. The molecule has 0 bridgehead atoms. The van der Waals surface area contributed by atoms with E-state index in [-0.39, 0.29) is 5.69 Å². The minimum Gasteiger partial charge on any atom is -0.464 e. The number of hydrogen-bond acceptors (Lipinski definition) is 5. The quantitative estimate of drug-likeness (QED) is 0.748. The monoisotopic (exact) mass is 253 g/mol. The molecule has 0 aliphatic carbocycles. The van der Waals surface area contributed by atoms with Crippen molar-refractivity contribution in [3.8, 4) is 0 Å². The molecule has 1 aromatic heterocycles. The second-order valence-electron chi connectivity index (χ2n) is 4.35. The maximum absolute atomic E-state index is 13.1. The van der Waals surface area contributed by atoms with Gasteiger partial charge < -0.3 is 9.64 Å². The molecule has 1 saturated heterocycles. The van der Waals surface area contributed by atoms with Crippen LogP contribution < -0.4 is 4.90 Å². The Hall–Kier alpha value is -1.72. The molecule has 0 amide bonds. The maximum atomic E-state index is 13.1. The Morgan fingerprint density at radius 2 is 2.11 bits per heavy atom. The van der Waals surface area contributed by atoms with Crippen LogP contribution in [0, 0.1) is 6.92 Å². The fourth-order valence-electron chi connectivity index (χ4n) is 1.95. The van der Waals surface area contributed by atoms with Crippen molar-refractivity contribution < 1.29 is 13.9 Å². The van der Waals surface area contributed by atoms with Gasteiger partial charge in [-0.2, -0.15) is 0 Å². The largest absolute Gasteiger partial charge is 0.464 e. The maximum Gasteiger partial charge on any atom is 0.356 e. The van der Waals surface area contributed by atoms with Gasteiger partial charge >= 0.3 is 5.97 Å². The van der Waals surface area contributed by atoms with Crippen molar-refractivity contribution in [1.29, 1.82) is 0 Å². The van der Waals surface area contributed by atoms with Crippen molar-refractivity contribution in [2.75, 3.05) is 25.1 Å². The van der Waals surface area contributed by atoms with Gasteiger partial charge in [0.05, 0.1) is 7.11 Å². The number of alkyl halides is 1. The number of esters is 1. The molecule has 6 heteroatoms. The van der Waals surface area contributed by atoms with E-state index < -0.39 is 12.1 Å². The Kier molecular flexibility index (Phi) is 3.74. The Balaban J connectivity index is 2.22. The number of aryl methyl sites for hydroxylation is 1. The first-order valence-electron chi connectivity index (χ1n) is 5.93. The fraction of sp³-hybridized carbons (Fsp3) is 0.583. The third-order valence-electron chi connectivity index (χ3n) is 2.94. The van der Waals surface area contributed by atoms with Gasteiger partial charge in [0.25, 0.3) is 0 Å². The van der Waals surface area contributed by atoms with Crippen molar-refractivity contribution in [1.82, 2.24) is 9.97 Å². The number of anilines is 1. The summed E-state index contributed by atoms with van der Waals surface area (Å²) in [5.74, 6) is -0.00979. The predicted octanol–water partition coefficient (Wildman–Crippen LogP) is 1.51. The molecular formula is C12H16FN3O2. The topological polar surface area (TPSA) is 55.3 Å². The van der Waals surface area contributed by atoms with Gasteiger partial charge in [-0.3, -0.25) is 0 Å². The van der Waals surface area contributed by atoms with Crippen LogP contribution in [0.4, 0.5) is 10.3 Å². The number of carbonyl (C=O) groups is 1. The molecule has 0 N–H and O–H groups in total. The normalized spacial score (nSPS) is 16.7. The molecule has 1 fully saturated rings. The zero-order chi connectivity index (χ0) is 13.1. The molecule has 5 nitrogen and oxygen atoms in total. The van der Waals surface area contributed by atoms with E-state index in [0.717, 1.165) is 0 Å². The zero-order valence-corrected chi connectivity index (χ0v) is 10.5. The van der Waals surface area contributed by atoms with Crippen LogP contribution in [-0.2, 0) is 4.74 Å². The lowest BCUT2D eigenvalue weighted by Gasteiger charge is -2.28. The van der Waals surface area contributed by atoms with Crippen molar-refractivity contribution in [3.05, 3.63) is 17.5 Å². The van der Waals surface area contributed by atoms with Gasteiger partial charge in [0, 0.05) is 18.8 Å². The lowest BCUT2D eigenvalue weighted by atomic mass is 10.1. The minimum atomic E-state index is -0.744. The highest BCUT2D eigenvalue weighted by molar-refractivity contribution is 5.87. The van der Waals surface area contributed by atoms with Crippen LogP contribution in [0.25, 0.3) is 0 Å². The van der Waals surface area contributed by atoms with Gasteiger partial charge in [-0.15, -0.1) is 0 Å². The second kappa shape index (κ2) is 5.29. The van der Waals surface area contributed by atoms with Crippen molar-refractivity contribution >= 4 is 11.9 Å². The average molecular weight is 253 g/mol. The summed E-state index contributed by atoms with van der Waals surface area (Å²) in [6.45, 7) is 2.94. The predicted molar refractivity (Wildman–Crippen MR) is 64.5 cm³/mol. The van der Waals surface area contributed by atoms with Crippen LogP contribution in [0.2, 0.25) is 0 Å². The van der Waals surface area contributed by atoms with Gasteiger partial charge in [0.1, 0.15) is 6.17 Å². The summed E-state index contributed by atoms with van der Waals surface area (Å²) in [5, 5.41) is 0. The molecule has 0 spiro atoms. The first-order valence-corrected chi connectivity index (χ1v) is 5.93. The highest BCUT2D eigenvalue weighted by Crippen LogP contribution is 2.19. The van der Waals surface area contributed by atoms with Crippen LogP contribution in [0.15, 0.2) is 6.07 Å². The molecule has 1 aromatic rings. The number of halogens is 1. The van der Waals surface area contributed by atoms with E-state index in [1.54, 1.807) is 13.0 Å². The lowest BCUT2D eigenvalue weighted by Crippen LogP contribution is -2.35. The summed E-state index contributed by atoms with van der Waals surface area (Å²) in [4.78, 5) is 21.8. The molecule has 0 unspecified atom stereocenters. The number of carbonyl (C=O) groups excluding carboxylic acids is 1. The van der Waals surface area contributed by atoms with Crippen molar-refractivity contribution in [2.24, 2.45) is 0 Å². The van der Waals surface area contributed by atoms with Gasteiger partial charge in [0.15, 0.2) is 5.69 Å². The highest BCUT2D eigenvalue weighted by atomic mass is 19.1. The number of nitrogens with zero attached hydrogens (tertiary/aromatic N) is 3. The smallest absolute Gasteiger partial charge is 0.356 e. The van der Waals surface area contributed by atoms with E-state index in [9.17, 15) is 9.18 Å². The SMILES string of the molecule is COC(=O)c1cc(C)nc(N2CCC(F)CC2)n1. The van der Waals surface area contributed by atoms with Crippen LogP contribution in [0.5, 0.6) is 0 Å². The molecule has 1 aliphatic rings. The van der Waals surface area contributed by atoms with E-state index in [2.05, 4.69) is 14.7 Å². The second-order valence-corrected chi connectivity index (χ2v) is 4.35. The van der Waals surface area contributed by atoms with E-state index in [1.807, 2.05) is 4.90 Å². The molecule has 1 aliphatic heterocycles. The summed E-state index contributed by atoms with van der Waals surface area (Å²) in [6, 6.07) is 1.58. The van der Waals surface area contributed by atoms with Crippen LogP contribution in [0.3, 0.4) is 0 Å². The Bertz CT molecular complexity index is 445. The first-order chi connectivity index (χ1) is 8.60. The summed E-state index contributed by atoms with van der Waals surface area (Å²) >= 11 is 0. The van der Waals surface area contributed by atoms with E-state index in [4.69, 9.17) is 0 Å². The number of rotatable bonds is 2. The number of piperidine rings is 1. The van der Waals surface area contributed by atoms with Gasteiger partial charge in [0.2, 0.25) is 5.95 Å². The van der Waals surface area contributed by atoms with Gasteiger partial charge in [-0.1, -0.05) is 0 Å². The number of aromatic nitrogens is 2. The van der Waals surface area contributed by atoms with E-state index in [1.165, 1.54) is 7.11 Å². The van der Waals surface area contributed by atoms with E-state index >= 15 is 0 Å². The van der Waals surface area contributed by atoms with E-state index in [0.29, 0.717) is 37.6 Å². The Labute approximate surface area is 105 Å². The lowest BCUT2D eigenvalue weighted by molar-refractivity contribution is 0.0593.